The molecule has 0 amide bonds. The number of ether oxygens (including phenoxy) is 1. The van der Waals surface area contributed by atoms with Gasteiger partial charge in [0.15, 0.2) is 0 Å². The minimum absolute atomic E-state index is 0.00647. The molecule has 1 aromatic carbocycles. The Morgan fingerprint density at radius 2 is 2.03 bits per heavy atom. The average Bonchev–Trinajstić information content (AvgIpc) is 3.27. The zero-order chi connectivity index (χ0) is 20.1. The predicted molar refractivity (Wildman–Crippen MR) is 103 cm³/mol. The van der Waals surface area contributed by atoms with E-state index in [1.54, 1.807) is 6.26 Å². The van der Waals surface area contributed by atoms with Gasteiger partial charge in [-0.25, -0.2) is 4.79 Å². The van der Waals surface area contributed by atoms with Gasteiger partial charge in [0, 0.05) is 34.4 Å². The first-order valence-electron chi connectivity index (χ1n) is 10.1. The maximum Gasteiger partial charge on any atom is 0.338 e. The number of esters is 1. The molecule has 0 bridgehead atoms. The molecule has 6 nitrogen and oxygen atoms in total. The summed E-state index contributed by atoms with van der Waals surface area (Å²) in [6.45, 7) is 2.23. The van der Waals surface area contributed by atoms with E-state index >= 15 is 0 Å². The van der Waals surface area contributed by atoms with Gasteiger partial charge < -0.3 is 9.15 Å². The third-order valence-electron chi connectivity index (χ3n) is 8.20. The summed E-state index contributed by atoms with van der Waals surface area (Å²) in [6, 6.07) is 7.70. The van der Waals surface area contributed by atoms with Crippen LogP contribution in [-0.2, 0) is 10.2 Å². The van der Waals surface area contributed by atoms with Crippen molar-refractivity contribution in [3.63, 3.8) is 0 Å². The molecule has 3 saturated carbocycles. The Kier molecular flexibility index (Phi) is 2.92. The number of non-ortho nitro benzene ring substituents is 1. The molecule has 1 heterocycles. The second-order valence-electron chi connectivity index (χ2n) is 9.41. The average molecular weight is 391 g/mol. The molecule has 0 radical (unpaired) electrons. The molecule has 0 N–H and O–H groups in total. The number of nitro groups is 1. The summed E-state index contributed by atoms with van der Waals surface area (Å²) < 4.78 is 11.7. The van der Waals surface area contributed by atoms with Gasteiger partial charge in [0.1, 0.15) is 5.60 Å². The lowest BCUT2D eigenvalue weighted by atomic mass is 9.75. The van der Waals surface area contributed by atoms with E-state index in [4.69, 9.17) is 9.15 Å². The lowest BCUT2D eigenvalue weighted by molar-refractivity contribution is -0.384. The molecule has 1 unspecified atom stereocenters. The number of nitrogens with zero attached hydrogens (tertiary/aromatic N) is 1. The van der Waals surface area contributed by atoms with Crippen LogP contribution >= 0.6 is 0 Å². The molecule has 148 valence electrons. The highest BCUT2D eigenvalue weighted by atomic mass is 16.6. The summed E-state index contributed by atoms with van der Waals surface area (Å²) >= 11 is 0. The van der Waals surface area contributed by atoms with E-state index in [9.17, 15) is 14.9 Å². The van der Waals surface area contributed by atoms with Gasteiger partial charge in [-0.1, -0.05) is 19.1 Å². The summed E-state index contributed by atoms with van der Waals surface area (Å²) in [5.41, 5.74) is 1.06. The molecular formula is C23H21NO5. The lowest BCUT2D eigenvalue weighted by Gasteiger charge is -2.30. The largest absolute Gasteiger partial charge is 0.472 e. The van der Waals surface area contributed by atoms with E-state index < -0.39 is 16.5 Å². The van der Waals surface area contributed by atoms with Gasteiger partial charge in [-0.2, -0.15) is 0 Å². The standard InChI is InChI=1S/C23H21NO5/c1-20-13-21-9-2-3-10-22(21,16-8-11-28-12-16)19(21)23(20,14-20)29-18(25)15-4-6-17(7-5-15)24(26)27/h3-8,10-12,19H,2,9,13-14H2,1H3/t19-,20-,21?,22-,23+/m0/s1. The van der Waals surface area contributed by atoms with Crippen molar-refractivity contribution < 1.29 is 18.9 Å². The molecule has 4 aliphatic rings. The minimum Gasteiger partial charge on any atom is -0.472 e. The number of fused-ring (bicyclic) bond motifs is 3. The highest BCUT2D eigenvalue weighted by molar-refractivity contribution is 5.90. The number of hydrogen-bond donors (Lipinski definition) is 0. The number of nitro benzene ring substituents is 1. The third kappa shape index (κ3) is 1.81. The number of furan rings is 1. The number of carbonyl (C=O) groups is 1. The number of allylic oxidation sites excluding steroid dienone is 2. The van der Waals surface area contributed by atoms with Gasteiger partial charge in [0.2, 0.25) is 0 Å². The summed E-state index contributed by atoms with van der Waals surface area (Å²) in [5.74, 6) is -0.138. The topological polar surface area (TPSA) is 82.6 Å². The quantitative estimate of drug-likeness (QED) is 0.323. The summed E-state index contributed by atoms with van der Waals surface area (Å²) in [7, 11) is 0. The highest BCUT2D eigenvalue weighted by Gasteiger charge is 2.96. The van der Waals surface area contributed by atoms with Crippen molar-refractivity contribution in [2.45, 2.75) is 43.6 Å². The highest BCUT2D eigenvalue weighted by Crippen LogP contribution is 2.94. The first-order chi connectivity index (χ1) is 13.9. The third-order valence-corrected chi connectivity index (χ3v) is 8.20. The molecule has 4 aliphatic carbocycles. The molecule has 0 aliphatic heterocycles. The maximum absolute atomic E-state index is 13.0. The molecule has 5 atom stereocenters. The van der Waals surface area contributed by atoms with Crippen molar-refractivity contribution in [2.24, 2.45) is 16.7 Å². The van der Waals surface area contributed by atoms with Crippen LogP contribution in [0.3, 0.4) is 0 Å². The smallest absolute Gasteiger partial charge is 0.338 e. The first-order valence-corrected chi connectivity index (χ1v) is 10.1. The van der Waals surface area contributed by atoms with E-state index in [-0.39, 0.29) is 27.9 Å². The van der Waals surface area contributed by atoms with Crippen LogP contribution in [0.5, 0.6) is 0 Å². The van der Waals surface area contributed by atoms with Crippen LogP contribution in [-0.4, -0.2) is 16.5 Å². The van der Waals surface area contributed by atoms with Crippen LogP contribution in [0.25, 0.3) is 0 Å². The van der Waals surface area contributed by atoms with Crippen molar-refractivity contribution in [1.82, 2.24) is 0 Å². The summed E-state index contributed by atoms with van der Waals surface area (Å²) in [6.07, 6.45) is 12.2. The Hall–Kier alpha value is -2.89. The minimum atomic E-state index is -0.474. The van der Waals surface area contributed by atoms with Crippen LogP contribution in [0.15, 0.2) is 59.4 Å². The van der Waals surface area contributed by atoms with Crippen molar-refractivity contribution in [2.75, 3.05) is 0 Å². The molecule has 2 aromatic rings. The van der Waals surface area contributed by atoms with Crippen molar-refractivity contribution in [3.8, 4) is 0 Å². The Morgan fingerprint density at radius 1 is 1.24 bits per heavy atom. The van der Waals surface area contributed by atoms with Crippen LogP contribution in [0.2, 0.25) is 0 Å². The summed E-state index contributed by atoms with van der Waals surface area (Å²) in [4.78, 5) is 23.4. The van der Waals surface area contributed by atoms with Crippen molar-refractivity contribution >= 4 is 11.7 Å². The fourth-order valence-electron chi connectivity index (χ4n) is 7.10. The van der Waals surface area contributed by atoms with Gasteiger partial charge in [-0.3, -0.25) is 10.1 Å². The second-order valence-corrected chi connectivity index (χ2v) is 9.41. The van der Waals surface area contributed by atoms with Gasteiger partial charge >= 0.3 is 5.97 Å². The molecule has 6 heteroatoms. The Labute approximate surface area is 167 Å². The Morgan fingerprint density at radius 3 is 2.72 bits per heavy atom. The zero-order valence-electron chi connectivity index (χ0n) is 16.1. The fourth-order valence-corrected chi connectivity index (χ4v) is 7.10. The number of carbonyl (C=O) groups excluding carboxylic acids is 1. The predicted octanol–water partition coefficient (Wildman–Crippen LogP) is 4.80. The van der Waals surface area contributed by atoms with Crippen molar-refractivity contribution in [1.29, 1.82) is 0 Å². The molecule has 3 fully saturated rings. The van der Waals surface area contributed by atoms with Gasteiger partial charge in [0.25, 0.3) is 5.69 Å². The van der Waals surface area contributed by atoms with Gasteiger partial charge in [-0.15, -0.1) is 0 Å². The molecule has 6 rings (SSSR count). The van der Waals surface area contributed by atoms with Gasteiger partial charge in [0.05, 0.1) is 23.0 Å². The van der Waals surface area contributed by atoms with E-state index in [1.807, 2.05) is 12.3 Å². The van der Waals surface area contributed by atoms with Crippen LogP contribution in [0, 0.1) is 26.9 Å². The molecule has 1 aromatic heterocycles. The van der Waals surface area contributed by atoms with Gasteiger partial charge in [-0.05, 0) is 49.3 Å². The molecule has 1 spiro atoms. The normalized spacial score (nSPS) is 40.5. The summed E-state index contributed by atoms with van der Waals surface area (Å²) in [5, 5.41) is 10.9. The van der Waals surface area contributed by atoms with Crippen LogP contribution in [0.4, 0.5) is 5.69 Å². The van der Waals surface area contributed by atoms with E-state index in [0.29, 0.717) is 5.56 Å². The first kappa shape index (κ1) is 17.0. The van der Waals surface area contributed by atoms with E-state index in [0.717, 1.165) is 25.7 Å². The van der Waals surface area contributed by atoms with E-state index in [1.165, 1.54) is 29.8 Å². The van der Waals surface area contributed by atoms with Crippen LogP contribution in [0.1, 0.15) is 48.5 Å². The Bertz CT molecular complexity index is 1070. The van der Waals surface area contributed by atoms with E-state index in [2.05, 4.69) is 19.1 Å². The number of benzene rings is 1. The molecule has 0 saturated heterocycles. The van der Waals surface area contributed by atoms with Crippen LogP contribution < -0.4 is 0 Å². The molecular weight excluding hydrogens is 370 g/mol. The maximum atomic E-state index is 13.0. The van der Waals surface area contributed by atoms with Crippen molar-refractivity contribution in [3.05, 3.63) is 76.3 Å². The monoisotopic (exact) mass is 391 g/mol. The fraction of sp³-hybridized carbons (Fsp3) is 0.435. The Balaban J connectivity index is 1.35. The molecule has 29 heavy (non-hydrogen) atoms. The second kappa shape index (κ2) is 4.99. The number of hydrogen-bond acceptors (Lipinski definition) is 5. The zero-order valence-corrected chi connectivity index (χ0v) is 16.1. The SMILES string of the molecule is C[C@@]12CC34CCC=C[C@]3(c3ccoc3)[C@H]4[C@]1(OC(=O)c1ccc([N+](=O)[O-])cc1)C2. The number of rotatable bonds is 4. The lowest BCUT2D eigenvalue weighted by Crippen LogP contribution is -2.31.